The van der Waals surface area contributed by atoms with Crippen LogP contribution >= 0.6 is 0 Å². The van der Waals surface area contributed by atoms with Crippen LogP contribution in [0.2, 0.25) is 0 Å². The van der Waals surface area contributed by atoms with Crippen LogP contribution < -0.4 is 16.1 Å². The molecule has 1 atom stereocenters. The molecule has 0 bridgehead atoms. The minimum Gasteiger partial charge on any atom is -0.478 e. The molecule has 1 fully saturated rings. The van der Waals surface area contributed by atoms with Crippen LogP contribution in [-0.2, 0) is 11.3 Å². The lowest BCUT2D eigenvalue weighted by Crippen LogP contribution is -2.41. The fourth-order valence-corrected chi connectivity index (χ4v) is 4.56. The Labute approximate surface area is 222 Å². The first kappa shape index (κ1) is 26.8. The van der Waals surface area contributed by atoms with Crippen molar-refractivity contribution in [3.05, 3.63) is 71.3 Å². The summed E-state index contributed by atoms with van der Waals surface area (Å²) in [7, 11) is 1.73. The molecule has 200 valence electrons. The number of amides is 1. The van der Waals surface area contributed by atoms with E-state index in [2.05, 4.69) is 50.1 Å². The fraction of sp³-hybridized carbons (Fsp3) is 0.393. The molecule has 10 nitrogen and oxygen atoms in total. The van der Waals surface area contributed by atoms with Gasteiger partial charge >= 0.3 is 5.97 Å². The Bertz CT molecular complexity index is 1210. The van der Waals surface area contributed by atoms with E-state index < -0.39 is 5.97 Å². The van der Waals surface area contributed by atoms with Crippen LogP contribution in [0, 0.1) is 5.92 Å². The predicted molar refractivity (Wildman–Crippen MR) is 147 cm³/mol. The van der Waals surface area contributed by atoms with Gasteiger partial charge in [-0.05, 0) is 42.0 Å². The number of benzene rings is 2. The zero-order chi connectivity index (χ0) is 26.9. The highest BCUT2D eigenvalue weighted by molar-refractivity contribution is 5.87. The van der Waals surface area contributed by atoms with Gasteiger partial charge in [0, 0.05) is 19.5 Å². The second-order valence-electron chi connectivity index (χ2n) is 9.62. The Morgan fingerprint density at radius 3 is 2.26 bits per heavy atom. The van der Waals surface area contributed by atoms with Crippen LogP contribution in [-0.4, -0.2) is 50.5 Å². The molecule has 38 heavy (non-hydrogen) atoms. The second kappa shape index (κ2) is 12.8. The number of aromatic carboxylic acids is 1. The molecule has 0 spiro atoms. The summed E-state index contributed by atoms with van der Waals surface area (Å²) >= 11 is 0. The van der Waals surface area contributed by atoms with Gasteiger partial charge in [-0.25, -0.2) is 9.80 Å². The Morgan fingerprint density at radius 1 is 0.947 bits per heavy atom. The highest BCUT2D eigenvalue weighted by Crippen LogP contribution is 2.26. The van der Waals surface area contributed by atoms with E-state index in [1.807, 2.05) is 18.2 Å². The van der Waals surface area contributed by atoms with Crippen LogP contribution in [0.4, 0.5) is 17.8 Å². The molecule has 1 aliphatic carbocycles. The average Bonchev–Trinajstić information content (AvgIpc) is 2.96. The van der Waals surface area contributed by atoms with Gasteiger partial charge in [-0.1, -0.05) is 68.7 Å². The standard InChI is InChI=1S/C28H35N7O3/c1-19(21-9-5-3-6-10-21)17-30-27-31-26(29-2)32-28(33-27)34-35(24(36)22-11-7-4-8-12-22)18-20-13-15-23(16-14-20)25(37)38/h3,5-6,9-10,13-16,19,22H,4,7-8,11-12,17-18H2,1-2H3,(H,37,38)(H3,29,30,31,32,33,34)/t19-/m0/s1. The van der Waals surface area contributed by atoms with Crippen molar-refractivity contribution in [3.8, 4) is 0 Å². The van der Waals surface area contributed by atoms with Crippen molar-refractivity contribution in [3.63, 3.8) is 0 Å². The van der Waals surface area contributed by atoms with Gasteiger partial charge in [-0.15, -0.1) is 0 Å². The minimum absolute atomic E-state index is 0.0226. The number of carbonyl (C=O) groups is 2. The van der Waals surface area contributed by atoms with Gasteiger partial charge in [-0.2, -0.15) is 15.0 Å². The van der Waals surface area contributed by atoms with E-state index in [4.69, 9.17) is 0 Å². The Hall–Kier alpha value is -4.21. The third-order valence-electron chi connectivity index (χ3n) is 6.79. The number of hydrogen-bond donors (Lipinski definition) is 4. The summed E-state index contributed by atoms with van der Waals surface area (Å²) in [4.78, 5) is 38.2. The molecule has 2 aromatic carbocycles. The Morgan fingerprint density at radius 2 is 1.61 bits per heavy atom. The van der Waals surface area contributed by atoms with Crippen LogP contribution in [0.5, 0.6) is 0 Å². The van der Waals surface area contributed by atoms with Gasteiger partial charge in [0.15, 0.2) is 0 Å². The molecule has 3 aromatic rings. The number of hydrogen-bond acceptors (Lipinski definition) is 8. The first-order valence-corrected chi connectivity index (χ1v) is 13.1. The SMILES string of the molecule is CNc1nc(NC[C@H](C)c2ccccc2)nc(NN(Cc2ccc(C(=O)O)cc2)C(=O)C2CCCCC2)n1. The van der Waals surface area contributed by atoms with E-state index in [1.54, 1.807) is 31.3 Å². The fourth-order valence-electron chi connectivity index (χ4n) is 4.56. The molecule has 10 heteroatoms. The smallest absolute Gasteiger partial charge is 0.335 e. The molecular weight excluding hydrogens is 482 g/mol. The number of nitrogens with one attached hydrogen (secondary N) is 3. The van der Waals surface area contributed by atoms with E-state index in [0.29, 0.717) is 18.4 Å². The van der Waals surface area contributed by atoms with Crippen LogP contribution in [0.25, 0.3) is 0 Å². The Kier molecular flexibility index (Phi) is 9.07. The van der Waals surface area contributed by atoms with E-state index >= 15 is 0 Å². The first-order valence-electron chi connectivity index (χ1n) is 13.1. The summed E-state index contributed by atoms with van der Waals surface area (Å²) in [5.41, 5.74) is 5.32. The van der Waals surface area contributed by atoms with Crippen molar-refractivity contribution >= 4 is 29.7 Å². The molecule has 1 amide bonds. The maximum atomic E-state index is 13.6. The molecule has 1 heterocycles. The monoisotopic (exact) mass is 517 g/mol. The quantitative estimate of drug-likeness (QED) is 0.266. The number of carbonyl (C=O) groups excluding carboxylic acids is 1. The van der Waals surface area contributed by atoms with Crippen LogP contribution in [0.15, 0.2) is 54.6 Å². The maximum absolute atomic E-state index is 13.6. The molecular formula is C28H35N7O3. The molecule has 4 rings (SSSR count). The molecule has 0 unspecified atom stereocenters. The summed E-state index contributed by atoms with van der Waals surface area (Å²) in [6, 6.07) is 16.7. The van der Waals surface area contributed by atoms with E-state index in [9.17, 15) is 14.7 Å². The maximum Gasteiger partial charge on any atom is 0.335 e. The number of carboxylic acids is 1. The summed E-state index contributed by atoms with van der Waals surface area (Å²) in [5, 5.41) is 17.0. The third-order valence-corrected chi connectivity index (χ3v) is 6.79. The van der Waals surface area contributed by atoms with E-state index in [1.165, 1.54) is 10.6 Å². The van der Waals surface area contributed by atoms with Crippen molar-refractivity contribution in [1.82, 2.24) is 20.0 Å². The minimum atomic E-state index is -0.990. The van der Waals surface area contributed by atoms with Gasteiger partial charge < -0.3 is 15.7 Å². The summed E-state index contributed by atoms with van der Waals surface area (Å²) < 4.78 is 0. The van der Waals surface area contributed by atoms with E-state index in [-0.39, 0.29) is 35.8 Å². The lowest BCUT2D eigenvalue weighted by Gasteiger charge is -2.29. The van der Waals surface area contributed by atoms with Crippen molar-refractivity contribution in [2.75, 3.05) is 29.7 Å². The first-order chi connectivity index (χ1) is 18.4. The molecule has 1 aliphatic rings. The molecule has 0 radical (unpaired) electrons. The molecule has 1 saturated carbocycles. The summed E-state index contributed by atoms with van der Waals surface area (Å²) in [6.07, 6.45) is 4.89. The van der Waals surface area contributed by atoms with Gasteiger partial charge in [-0.3, -0.25) is 10.2 Å². The summed E-state index contributed by atoms with van der Waals surface area (Å²) in [6.45, 7) is 2.99. The number of rotatable bonds is 11. The number of aromatic nitrogens is 3. The van der Waals surface area contributed by atoms with Gasteiger partial charge in [0.25, 0.3) is 0 Å². The van der Waals surface area contributed by atoms with Crippen molar-refractivity contribution in [2.45, 2.75) is 51.5 Å². The van der Waals surface area contributed by atoms with E-state index in [0.717, 1.165) is 37.7 Å². The topological polar surface area (TPSA) is 132 Å². The molecule has 0 saturated heterocycles. The van der Waals surface area contributed by atoms with Gasteiger partial charge in [0.05, 0.1) is 12.1 Å². The average molecular weight is 518 g/mol. The second-order valence-corrected chi connectivity index (χ2v) is 9.62. The van der Waals surface area contributed by atoms with Crippen LogP contribution in [0.3, 0.4) is 0 Å². The lowest BCUT2D eigenvalue weighted by molar-refractivity contribution is -0.135. The molecule has 0 aliphatic heterocycles. The normalized spacial score (nSPS) is 14.4. The molecule has 4 N–H and O–H groups in total. The van der Waals surface area contributed by atoms with Crippen molar-refractivity contribution in [1.29, 1.82) is 0 Å². The van der Waals surface area contributed by atoms with Crippen molar-refractivity contribution < 1.29 is 14.7 Å². The Balaban J connectivity index is 1.53. The zero-order valence-corrected chi connectivity index (χ0v) is 21.9. The number of carboxylic acid groups (broad SMARTS) is 1. The largest absolute Gasteiger partial charge is 0.478 e. The van der Waals surface area contributed by atoms with Crippen LogP contribution in [0.1, 0.15) is 66.4 Å². The van der Waals surface area contributed by atoms with Crippen molar-refractivity contribution in [2.24, 2.45) is 5.92 Å². The van der Waals surface area contributed by atoms with Gasteiger partial charge in [0.2, 0.25) is 23.8 Å². The third kappa shape index (κ3) is 7.18. The molecule has 1 aromatic heterocycles. The number of hydrazine groups is 1. The van der Waals surface area contributed by atoms with Gasteiger partial charge in [0.1, 0.15) is 0 Å². The highest BCUT2D eigenvalue weighted by Gasteiger charge is 2.27. The number of anilines is 3. The predicted octanol–water partition coefficient (Wildman–Crippen LogP) is 4.76. The number of nitrogens with zero attached hydrogens (tertiary/aromatic N) is 4. The zero-order valence-electron chi connectivity index (χ0n) is 21.9. The highest BCUT2D eigenvalue weighted by atomic mass is 16.4. The summed E-state index contributed by atoms with van der Waals surface area (Å²) in [5.74, 6) is 0.149. The lowest BCUT2D eigenvalue weighted by atomic mass is 9.88.